The number of nitro groups is 1. The summed E-state index contributed by atoms with van der Waals surface area (Å²) in [6, 6.07) is 5.97. The van der Waals surface area contributed by atoms with Crippen molar-refractivity contribution in [2.24, 2.45) is 0 Å². The van der Waals surface area contributed by atoms with Gasteiger partial charge in [-0.25, -0.2) is 4.98 Å². The van der Waals surface area contributed by atoms with E-state index in [1.54, 1.807) is 17.5 Å². The summed E-state index contributed by atoms with van der Waals surface area (Å²) in [4.78, 5) is 27.7. The Balaban J connectivity index is 2.07. The number of anilines is 1. The Kier molecular flexibility index (Phi) is 4.49. The lowest BCUT2D eigenvalue weighted by Crippen LogP contribution is -2.16. The molecule has 1 amide bonds. The third-order valence-corrected chi connectivity index (χ3v) is 4.42. The molecule has 0 bridgehead atoms. The van der Waals surface area contributed by atoms with Crippen molar-refractivity contribution in [3.05, 3.63) is 67.0 Å². The highest BCUT2D eigenvalue weighted by Crippen LogP contribution is 2.29. The van der Waals surface area contributed by atoms with Gasteiger partial charge in [0.15, 0.2) is 5.65 Å². The molecular weight excluding hydrogens is 412 g/mol. The molecule has 0 saturated carbocycles. The maximum absolute atomic E-state index is 12.7. The first kappa shape index (κ1) is 17.4. The minimum atomic E-state index is -0.594. The van der Waals surface area contributed by atoms with Crippen LogP contribution in [0.2, 0.25) is 5.02 Å². The summed E-state index contributed by atoms with van der Waals surface area (Å²) in [7, 11) is 0. The number of aromatic nitrogens is 2. The Labute approximate surface area is 155 Å². The van der Waals surface area contributed by atoms with E-state index in [0.29, 0.717) is 17.0 Å². The zero-order valence-corrected chi connectivity index (χ0v) is 15.6. The second-order valence-electron chi connectivity index (χ2n) is 5.48. The van der Waals surface area contributed by atoms with Crippen LogP contribution in [0, 0.1) is 24.0 Å². The van der Waals surface area contributed by atoms with E-state index in [0.717, 1.165) is 10.0 Å². The minimum Gasteiger partial charge on any atom is -0.315 e. The molecule has 9 heteroatoms. The highest BCUT2D eigenvalue weighted by Gasteiger charge is 2.22. The van der Waals surface area contributed by atoms with Crippen LogP contribution in [0.5, 0.6) is 0 Å². The molecule has 128 valence electrons. The van der Waals surface area contributed by atoms with E-state index in [-0.39, 0.29) is 16.4 Å². The second-order valence-corrected chi connectivity index (χ2v) is 6.77. The monoisotopic (exact) mass is 422 g/mol. The number of pyridine rings is 1. The topological polar surface area (TPSA) is 89.5 Å². The van der Waals surface area contributed by atoms with Crippen LogP contribution in [0.25, 0.3) is 5.65 Å². The van der Waals surface area contributed by atoms with E-state index in [2.05, 4.69) is 26.2 Å². The van der Waals surface area contributed by atoms with E-state index >= 15 is 0 Å². The van der Waals surface area contributed by atoms with Gasteiger partial charge in [0.05, 0.1) is 15.1 Å². The van der Waals surface area contributed by atoms with Gasteiger partial charge >= 0.3 is 0 Å². The smallest absolute Gasteiger partial charge is 0.294 e. The van der Waals surface area contributed by atoms with E-state index in [9.17, 15) is 14.9 Å². The molecule has 2 heterocycles. The van der Waals surface area contributed by atoms with E-state index < -0.39 is 10.8 Å². The fourth-order valence-electron chi connectivity index (χ4n) is 2.56. The van der Waals surface area contributed by atoms with Gasteiger partial charge < -0.3 is 5.32 Å². The summed E-state index contributed by atoms with van der Waals surface area (Å²) in [5.74, 6) is -0.493. The van der Waals surface area contributed by atoms with Gasteiger partial charge in [-0.05, 0) is 53.5 Å². The number of nitro benzene ring substituents is 1. The number of amides is 1. The Morgan fingerprint density at radius 3 is 2.76 bits per heavy atom. The largest absolute Gasteiger partial charge is 0.315 e. The number of fused-ring (bicyclic) bond motifs is 1. The molecule has 7 nitrogen and oxygen atoms in total. The number of benzene rings is 1. The van der Waals surface area contributed by atoms with Crippen LogP contribution in [-0.2, 0) is 0 Å². The molecular formula is C16H12BrClN4O3. The average molecular weight is 424 g/mol. The molecule has 2 aromatic heterocycles. The quantitative estimate of drug-likeness (QED) is 0.495. The SMILES string of the molecule is Cc1cc(Br)c2nc(C)c(C(=O)Nc3ccc(Cl)cc3[N+](=O)[O-])n2c1. The molecule has 0 saturated heterocycles. The number of carbonyl (C=O) groups is 1. The molecule has 25 heavy (non-hydrogen) atoms. The number of carbonyl (C=O) groups excluding carboxylic acids is 1. The van der Waals surface area contributed by atoms with Gasteiger partial charge in [0.25, 0.3) is 11.6 Å². The first-order valence-corrected chi connectivity index (χ1v) is 8.35. The van der Waals surface area contributed by atoms with Gasteiger partial charge in [0.2, 0.25) is 0 Å². The Hall–Kier alpha value is -2.45. The fourth-order valence-corrected chi connectivity index (χ4v) is 3.37. The highest BCUT2D eigenvalue weighted by atomic mass is 79.9. The van der Waals surface area contributed by atoms with Crippen LogP contribution in [0.15, 0.2) is 34.9 Å². The van der Waals surface area contributed by atoms with Crippen LogP contribution in [0.1, 0.15) is 21.7 Å². The fraction of sp³-hybridized carbons (Fsp3) is 0.125. The lowest BCUT2D eigenvalue weighted by Gasteiger charge is -2.08. The highest BCUT2D eigenvalue weighted by molar-refractivity contribution is 9.10. The van der Waals surface area contributed by atoms with E-state index in [4.69, 9.17) is 11.6 Å². The van der Waals surface area contributed by atoms with Crippen LogP contribution >= 0.6 is 27.5 Å². The molecule has 0 fully saturated rings. The molecule has 0 aliphatic heterocycles. The lowest BCUT2D eigenvalue weighted by molar-refractivity contribution is -0.383. The standard InChI is InChI=1S/C16H12BrClN4O3/c1-8-5-11(17)15-19-9(2)14(21(15)7-8)16(23)20-12-4-3-10(18)6-13(12)22(24)25/h3-7H,1-2H3,(H,20,23). The summed E-state index contributed by atoms with van der Waals surface area (Å²) in [6.07, 6.45) is 1.78. The number of nitrogens with one attached hydrogen (secondary N) is 1. The van der Waals surface area contributed by atoms with Crippen molar-refractivity contribution in [1.29, 1.82) is 0 Å². The van der Waals surface area contributed by atoms with Crippen LogP contribution in [-0.4, -0.2) is 20.2 Å². The summed E-state index contributed by atoms with van der Waals surface area (Å²) < 4.78 is 2.42. The minimum absolute atomic E-state index is 0.0699. The zero-order valence-electron chi connectivity index (χ0n) is 13.2. The molecule has 0 spiro atoms. The number of hydrogen-bond acceptors (Lipinski definition) is 4. The van der Waals surface area contributed by atoms with Crippen molar-refractivity contribution in [2.75, 3.05) is 5.32 Å². The number of aryl methyl sites for hydroxylation is 2. The van der Waals surface area contributed by atoms with Gasteiger partial charge in [-0.1, -0.05) is 11.6 Å². The van der Waals surface area contributed by atoms with Gasteiger partial charge in [-0.15, -0.1) is 0 Å². The second kappa shape index (κ2) is 6.45. The van der Waals surface area contributed by atoms with E-state index in [1.807, 2.05) is 13.0 Å². The maximum Gasteiger partial charge on any atom is 0.294 e. The normalized spacial score (nSPS) is 10.9. The lowest BCUT2D eigenvalue weighted by atomic mass is 10.2. The molecule has 1 N–H and O–H groups in total. The van der Waals surface area contributed by atoms with Gasteiger partial charge in [0, 0.05) is 17.3 Å². The average Bonchev–Trinajstić information content (AvgIpc) is 2.85. The molecule has 0 atom stereocenters. The van der Waals surface area contributed by atoms with Gasteiger partial charge in [-0.3, -0.25) is 19.3 Å². The van der Waals surface area contributed by atoms with Crippen molar-refractivity contribution in [3.8, 4) is 0 Å². The molecule has 3 aromatic rings. The van der Waals surface area contributed by atoms with Crippen molar-refractivity contribution in [3.63, 3.8) is 0 Å². The van der Waals surface area contributed by atoms with Crippen molar-refractivity contribution in [1.82, 2.24) is 9.38 Å². The third kappa shape index (κ3) is 3.22. The summed E-state index contributed by atoms with van der Waals surface area (Å²) in [6.45, 7) is 3.60. The Bertz CT molecular complexity index is 1030. The number of hydrogen-bond donors (Lipinski definition) is 1. The molecule has 0 unspecified atom stereocenters. The molecule has 0 radical (unpaired) electrons. The predicted octanol–water partition coefficient (Wildman–Crippen LogP) is 4.53. The number of imidazole rings is 1. The number of rotatable bonds is 3. The molecule has 1 aromatic carbocycles. The molecule has 0 aliphatic carbocycles. The van der Waals surface area contributed by atoms with Crippen LogP contribution in [0.3, 0.4) is 0 Å². The predicted molar refractivity (Wildman–Crippen MR) is 98.4 cm³/mol. The van der Waals surface area contributed by atoms with Crippen molar-refractivity contribution >= 4 is 50.5 Å². The summed E-state index contributed by atoms with van der Waals surface area (Å²) in [5.41, 5.74) is 2.15. The van der Waals surface area contributed by atoms with Crippen molar-refractivity contribution < 1.29 is 9.72 Å². The van der Waals surface area contributed by atoms with Gasteiger partial charge in [0.1, 0.15) is 11.4 Å². The Morgan fingerprint density at radius 1 is 1.36 bits per heavy atom. The number of halogens is 2. The van der Waals surface area contributed by atoms with E-state index in [1.165, 1.54) is 18.2 Å². The summed E-state index contributed by atoms with van der Waals surface area (Å²) in [5, 5.41) is 14.0. The van der Waals surface area contributed by atoms with Crippen LogP contribution < -0.4 is 5.32 Å². The first-order valence-electron chi connectivity index (χ1n) is 7.18. The van der Waals surface area contributed by atoms with Crippen LogP contribution in [0.4, 0.5) is 11.4 Å². The Morgan fingerprint density at radius 2 is 2.08 bits per heavy atom. The molecule has 0 aliphatic rings. The third-order valence-electron chi connectivity index (χ3n) is 3.61. The summed E-state index contributed by atoms with van der Waals surface area (Å²) >= 11 is 9.23. The molecule has 3 rings (SSSR count). The number of nitrogens with zero attached hydrogens (tertiary/aromatic N) is 3. The maximum atomic E-state index is 12.7. The van der Waals surface area contributed by atoms with Gasteiger partial charge in [-0.2, -0.15) is 0 Å². The zero-order chi connectivity index (χ0) is 18.3. The van der Waals surface area contributed by atoms with Crippen molar-refractivity contribution in [2.45, 2.75) is 13.8 Å². The first-order chi connectivity index (χ1) is 11.8.